The van der Waals surface area contributed by atoms with E-state index in [0.29, 0.717) is 12.1 Å². The van der Waals surface area contributed by atoms with Gasteiger partial charge in [-0.2, -0.15) is 0 Å². The summed E-state index contributed by atoms with van der Waals surface area (Å²) in [6, 6.07) is 11.1. The lowest BCUT2D eigenvalue weighted by atomic mass is 9.93. The Labute approximate surface area is 128 Å². The van der Waals surface area contributed by atoms with Gasteiger partial charge in [0.2, 0.25) is 0 Å². The first-order valence-corrected chi connectivity index (χ1v) is 8.69. The molecule has 21 heavy (non-hydrogen) atoms. The van der Waals surface area contributed by atoms with Crippen molar-refractivity contribution >= 4 is 0 Å². The van der Waals surface area contributed by atoms with Crippen LogP contribution < -0.4 is 10.6 Å². The molecule has 1 aromatic rings. The molecule has 2 saturated heterocycles. The lowest BCUT2D eigenvalue weighted by Gasteiger charge is -2.37. The molecule has 0 saturated carbocycles. The fraction of sp³-hybridized carbons (Fsp3) is 0.667. The molecule has 3 heteroatoms. The fourth-order valence-electron chi connectivity index (χ4n) is 4.49. The third-order valence-corrected chi connectivity index (χ3v) is 5.61. The second-order valence-corrected chi connectivity index (χ2v) is 6.94. The van der Waals surface area contributed by atoms with E-state index in [0.717, 1.165) is 19.1 Å². The van der Waals surface area contributed by atoms with Crippen LogP contribution in [0, 0.1) is 0 Å². The van der Waals surface area contributed by atoms with E-state index in [1.807, 2.05) is 0 Å². The first-order chi connectivity index (χ1) is 10.4. The molecule has 3 aliphatic rings. The second-order valence-electron chi connectivity index (χ2n) is 6.94. The molecule has 4 rings (SSSR count). The van der Waals surface area contributed by atoms with Gasteiger partial charge in [0.1, 0.15) is 0 Å². The quantitative estimate of drug-likeness (QED) is 0.874. The maximum atomic E-state index is 4.00. The van der Waals surface area contributed by atoms with Crippen molar-refractivity contribution in [3.63, 3.8) is 0 Å². The summed E-state index contributed by atoms with van der Waals surface area (Å²) in [5.74, 6) is 0. The highest BCUT2D eigenvalue weighted by atomic mass is 15.2. The van der Waals surface area contributed by atoms with Crippen molar-refractivity contribution in [3.8, 4) is 0 Å². The third-order valence-electron chi connectivity index (χ3n) is 5.61. The maximum Gasteiger partial charge on any atom is 0.0337 e. The smallest absolute Gasteiger partial charge is 0.0337 e. The molecule has 0 radical (unpaired) electrons. The molecule has 3 aliphatic heterocycles. The summed E-state index contributed by atoms with van der Waals surface area (Å²) in [5, 5.41) is 7.56. The van der Waals surface area contributed by atoms with Crippen LogP contribution in [0.25, 0.3) is 0 Å². The normalized spacial score (nSPS) is 33.2. The highest BCUT2D eigenvalue weighted by Gasteiger charge is 2.32. The topological polar surface area (TPSA) is 27.3 Å². The molecule has 3 unspecified atom stereocenters. The molecule has 114 valence electrons. The minimum absolute atomic E-state index is 0.536. The third kappa shape index (κ3) is 2.87. The zero-order chi connectivity index (χ0) is 14.1. The van der Waals surface area contributed by atoms with Gasteiger partial charge in [-0.05, 0) is 62.9 Å². The van der Waals surface area contributed by atoms with E-state index in [-0.39, 0.29) is 0 Å². The van der Waals surface area contributed by atoms with Gasteiger partial charge >= 0.3 is 0 Å². The molecule has 0 bridgehead atoms. The minimum Gasteiger partial charge on any atom is -0.313 e. The fourth-order valence-corrected chi connectivity index (χ4v) is 4.49. The first kappa shape index (κ1) is 13.7. The molecule has 3 atom stereocenters. The Bertz CT molecular complexity index is 487. The van der Waals surface area contributed by atoms with E-state index in [1.54, 1.807) is 0 Å². The molecule has 0 amide bonds. The standard InChI is InChI=1S/C18H27N3/c1-2-6-17-14(4-1)13-19-9-7-18(17)20-15-8-11-21-10-3-5-16(21)12-15/h1-2,4,6,15-16,18-20H,3,5,7-13H2. The molecule has 2 N–H and O–H groups in total. The van der Waals surface area contributed by atoms with Gasteiger partial charge in [0.25, 0.3) is 0 Å². The molecule has 3 nitrogen and oxygen atoms in total. The number of hydrogen-bond donors (Lipinski definition) is 2. The molecule has 0 aromatic heterocycles. The SMILES string of the molecule is c1ccc2c(c1)CNCCC2NC1CCN2CCCC2C1. The van der Waals surface area contributed by atoms with Crippen LogP contribution in [0.4, 0.5) is 0 Å². The molecular formula is C18H27N3. The van der Waals surface area contributed by atoms with Gasteiger partial charge in [0.15, 0.2) is 0 Å². The van der Waals surface area contributed by atoms with Crippen molar-refractivity contribution in [2.75, 3.05) is 19.6 Å². The van der Waals surface area contributed by atoms with Crippen LogP contribution in [0.3, 0.4) is 0 Å². The van der Waals surface area contributed by atoms with Crippen LogP contribution in [0.15, 0.2) is 24.3 Å². The number of benzene rings is 1. The number of rotatable bonds is 2. The Kier molecular flexibility index (Phi) is 3.97. The predicted octanol–water partition coefficient (Wildman–Crippen LogP) is 2.44. The molecular weight excluding hydrogens is 258 g/mol. The summed E-state index contributed by atoms with van der Waals surface area (Å²) in [6.45, 7) is 4.78. The second kappa shape index (κ2) is 6.07. The molecule has 1 aromatic carbocycles. The van der Waals surface area contributed by atoms with Crippen LogP contribution >= 0.6 is 0 Å². The highest BCUT2D eigenvalue weighted by molar-refractivity contribution is 5.31. The average Bonchev–Trinajstić information content (AvgIpc) is 2.89. The van der Waals surface area contributed by atoms with Crippen molar-refractivity contribution in [3.05, 3.63) is 35.4 Å². The Morgan fingerprint density at radius 1 is 1.10 bits per heavy atom. The van der Waals surface area contributed by atoms with Crippen LogP contribution in [0.5, 0.6) is 0 Å². The molecule has 0 aliphatic carbocycles. The van der Waals surface area contributed by atoms with E-state index in [4.69, 9.17) is 0 Å². The lowest BCUT2D eigenvalue weighted by Crippen LogP contribution is -2.46. The van der Waals surface area contributed by atoms with Crippen molar-refractivity contribution in [1.29, 1.82) is 0 Å². The number of piperidine rings is 1. The summed E-state index contributed by atoms with van der Waals surface area (Å²) >= 11 is 0. The Morgan fingerprint density at radius 3 is 3.05 bits per heavy atom. The zero-order valence-corrected chi connectivity index (χ0v) is 12.9. The predicted molar refractivity (Wildman–Crippen MR) is 86.3 cm³/mol. The zero-order valence-electron chi connectivity index (χ0n) is 12.9. The maximum absolute atomic E-state index is 4.00. The van der Waals surface area contributed by atoms with Gasteiger partial charge in [-0.15, -0.1) is 0 Å². The van der Waals surface area contributed by atoms with Gasteiger partial charge in [-0.3, -0.25) is 0 Å². The molecule has 3 heterocycles. The van der Waals surface area contributed by atoms with Crippen molar-refractivity contribution in [2.24, 2.45) is 0 Å². The average molecular weight is 285 g/mol. The van der Waals surface area contributed by atoms with Crippen LogP contribution in [0.1, 0.15) is 49.3 Å². The van der Waals surface area contributed by atoms with Crippen molar-refractivity contribution in [1.82, 2.24) is 15.5 Å². The number of nitrogens with one attached hydrogen (secondary N) is 2. The summed E-state index contributed by atoms with van der Waals surface area (Å²) in [6.07, 6.45) is 6.71. The Hall–Kier alpha value is -0.900. The van der Waals surface area contributed by atoms with E-state index in [1.165, 1.54) is 56.3 Å². The van der Waals surface area contributed by atoms with Crippen LogP contribution in [-0.2, 0) is 6.54 Å². The van der Waals surface area contributed by atoms with Gasteiger partial charge in [-0.1, -0.05) is 24.3 Å². The van der Waals surface area contributed by atoms with Crippen LogP contribution in [0.2, 0.25) is 0 Å². The summed E-state index contributed by atoms with van der Waals surface area (Å²) in [5.41, 5.74) is 3.00. The van der Waals surface area contributed by atoms with Crippen LogP contribution in [-0.4, -0.2) is 36.6 Å². The van der Waals surface area contributed by atoms with Gasteiger partial charge < -0.3 is 15.5 Å². The van der Waals surface area contributed by atoms with Gasteiger partial charge in [0, 0.05) is 24.7 Å². The Morgan fingerprint density at radius 2 is 2.05 bits per heavy atom. The lowest BCUT2D eigenvalue weighted by molar-refractivity contribution is 0.160. The van der Waals surface area contributed by atoms with E-state index in [2.05, 4.69) is 39.8 Å². The number of fused-ring (bicyclic) bond motifs is 2. The highest BCUT2D eigenvalue weighted by Crippen LogP contribution is 2.30. The minimum atomic E-state index is 0.536. The monoisotopic (exact) mass is 285 g/mol. The number of hydrogen-bond acceptors (Lipinski definition) is 3. The van der Waals surface area contributed by atoms with Gasteiger partial charge in [-0.25, -0.2) is 0 Å². The largest absolute Gasteiger partial charge is 0.313 e. The van der Waals surface area contributed by atoms with Crippen molar-refractivity contribution < 1.29 is 0 Å². The van der Waals surface area contributed by atoms with E-state index in [9.17, 15) is 0 Å². The molecule has 2 fully saturated rings. The summed E-state index contributed by atoms with van der Waals surface area (Å²) in [4.78, 5) is 2.71. The first-order valence-electron chi connectivity index (χ1n) is 8.69. The molecule has 0 spiro atoms. The van der Waals surface area contributed by atoms with E-state index < -0.39 is 0 Å². The summed E-state index contributed by atoms with van der Waals surface area (Å²) in [7, 11) is 0. The number of nitrogens with zero attached hydrogens (tertiary/aromatic N) is 1. The summed E-state index contributed by atoms with van der Waals surface area (Å²) < 4.78 is 0. The van der Waals surface area contributed by atoms with Gasteiger partial charge in [0.05, 0.1) is 0 Å². The van der Waals surface area contributed by atoms with E-state index >= 15 is 0 Å². The Balaban J connectivity index is 1.46. The van der Waals surface area contributed by atoms with Crippen molar-refractivity contribution in [2.45, 2.75) is 56.8 Å².